The van der Waals surface area contributed by atoms with Crippen molar-refractivity contribution in [1.29, 1.82) is 0 Å². The monoisotopic (exact) mass is 416 g/mol. The molecule has 0 aliphatic heterocycles. The van der Waals surface area contributed by atoms with Crippen molar-refractivity contribution in [2.75, 3.05) is 13.2 Å². The number of rotatable bonds is 10. The summed E-state index contributed by atoms with van der Waals surface area (Å²) >= 11 is 0. The van der Waals surface area contributed by atoms with E-state index in [4.69, 9.17) is 4.74 Å². The van der Waals surface area contributed by atoms with E-state index in [1.54, 1.807) is 24.0 Å². The van der Waals surface area contributed by atoms with Crippen molar-refractivity contribution >= 4 is 11.8 Å². The van der Waals surface area contributed by atoms with E-state index in [2.05, 4.69) is 5.32 Å². The number of carbonyl (C=O) groups is 2. The van der Waals surface area contributed by atoms with E-state index in [-0.39, 0.29) is 18.4 Å². The van der Waals surface area contributed by atoms with Gasteiger partial charge >= 0.3 is 0 Å². The molecular formula is C26H28N2O3. The number of para-hydroxylation sites is 1. The molecule has 0 unspecified atom stereocenters. The molecule has 0 saturated carbocycles. The van der Waals surface area contributed by atoms with E-state index < -0.39 is 6.04 Å². The lowest BCUT2D eigenvalue weighted by Gasteiger charge is -2.28. The third kappa shape index (κ3) is 7.00. The fourth-order valence-corrected chi connectivity index (χ4v) is 3.23. The van der Waals surface area contributed by atoms with Crippen LogP contribution in [0.3, 0.4) is 0 Å². The lowest BCUT2D eigenvalue weighted by atomic mass is 10.1. The van der Waals surface area contributed by atoms with Gasteiger partial charge in [0.25, 0.3) is 5.91 Å². The Hall–Kier alpha value is -3.60. The smallest absolute Gasteiger partial charge is 0.261 e. The van der Waals surface area contributed by atoms with Gasteiger partial charge in [0.15, 0.2) is 6.61 Å². The average Bonchev–Trinajstić information content (AvgIpc) is 2.82. The van der Waals surface area contributed by atoms with Crippen molar-refractivity contribution in [2.24, 2.45) is 0 Å². The van der Waals surface area contributed by atoms with Crippen molar-refractivity contribution in [1.82, 2.24) is 10.2 Å². The van der Waals surface area contributed by atoms with Crippen molar-refractivity contribution in [3.63, 3.8) is 0 Å². The summed E-state index contributed by atoms with van der Waals surface area (Å²) in [5, 5.41) is 2.95. The largest absolute Gasteiger partial charge is 0.484 e. The second kappa shape index (κ2) is 11.6. The Morgan fingerprint density at radius 2 is 1.39 bits per heavy atom. The maximum absolute atomic E-state index is 13.0. The highest BCUT2D eigenvalue weighted by Gasteiger charge is 2.26. The first-order valence-electron chi connectivity index (χ1n) is 10.5. The molecule has 2 amide bonds. The van der Waals surface area contributed by atoms with Gasteiger partial charge < -0.3 is 15.0 Å². The van der Waals surface area contributed by atoms with Gasteiger partial charge in [-0.25, -0.2) is 0 Å². The molecule has 1 atom stereocenters. The Labute approximate surface area is 183 Å². The summed E-state index contributed by atoms with van der Waals surface area (Å²) in [6.07, 6.45) is 0.739. The van der Waals surface area contributed by atoms with Crippen molar-refractivity contribution in [2.45, 2.75) is 25.9 Å². The first-order chi connectivity index (χ1) is 15.1. The molecule has 5 heteroatoms. The van der Waals surface area contributed by atoms with E-state index in [0.717, 1.165) is 17.5 Å². The molecule has 0 fully saturated rings. The summed E-state index contributed by atoms with van der Waals surface area (Å²) in [4.78, 5) is 27.3. The van der Waals surface area contributed by atoms with Crippen molar-refractivity contribution in [3.8, 4) is 5.75 Å². The zero-order chi connectivity index (χ0) is 21.9. The van der Waals surface area contributed by atoms with Gasteiger partial charge in [-0.3, -0.25) is 9.59 Å². The standard InChI is InChI=1S/C26H28N2O3/c1-21(26(30)27-18-17-22-11-5-2-6-12-22)28(19-23-13-7-3-8-14-23)25(29)20-31-24-15-9-4-10-16-24/h2-16,21H,17-20H2,1H3,(H,27,30)/t21-/m1/s1. The van der Waals surface area contributed by atoms with Crippen molar-refractivity contribution < 1.29 is 14.3 Å². The Morgan fingerprint density at radius 3 is 2.00 bits per heavy atom. The normalized spacial score (nSPS) is 11.4. The number of hydrogen-bond donors (Lipinski definition) is 1. The predicted octanol–water partition coefficient (Wildman–Crippen LogP) is 3.84. The highest BCUT2D eigenvalue weighted by molar-refractivity contribution is 5.87. The maximum Gasteiger partial charge on any atom is 0.261 e. The number of nitrogens with zero attached hydrogens (tertiary/aromatic N) is 1. The Bertz CT molecular complexity index is 946. The molecule has 0 bridgehead atoms. The second-order valence-corrected chi connectivity index (χ2v) is 7.31. The predicted molar refractivity (Wildman–Crippen MR) is 122 cm³/mol. The summed E-state index contributed by atoms with van der Waals surface area (Å²) in [7, 11) is 0. The lowest BCUT2D eigenvalue weighted by Crippen LogP contribution is -2.49. The molecule has 31 heavy (non-hydrogen) atoms. The molecule has 0 aromatic heterocycles. The van der Waals surface area contributed by atoms with Gasteiger partial charge in [-0.1, -0.05) is 78.9 Å². The molecule has 0 aliphatic carbocycles. The molecule has 0 saturated heterocycles. The van der Waals surface area contributed by atoms with Crippen LogP contribution in [0.2, 0.25) is 0 Å². The highest BCUT2D eigenvalue weighted by atomic mass is 16.5. The van der Waals surface area contributed by atoms with Gasteiger partial charge in [-0.15, -0.1) is 0 Å². The van der Waals surface area contributed by atoms with Crippen LogP contribution in [0.4, 0.5) is 0 Å². The van der Waals surface area contributed by atoms with E-state index in [1.165, 1.54) is 0 Å². The number of ether oxygens (including phenoxy) is 1. The topological polar surface area (TPSA) is 58.6 Å². The van der Waals surface area contributed by atoms with Crippen LogP contribution in [0.25, 0.3) is 0 Å². The second-order valence-electron chi connectivity index (χ2n) is 7.31. The van der Waals surface area contributed by atoms with Gasteiger partial charge in [-0.2, -0.15) is 0 Å². The molecule has 160 valence electrons. The van der Waals surface area contributed by atoms with E-state index in [1.807, 2.05) is 78.9 Å². The fourth-order valence-electron chi connectivity index (χ4n) is 3.23. The molecule has 0 spiro atoms. The number of benzene rings is 3. The molecule has 1 N–H and O–H groups in total. The Morgan fingerprint density at radius 1 is 0.839 bits per heavy atom. The molecule has 0 radical (unpaired) electrons. The minimum atomic E-state index is -0.622. The first kappa shape index (κ1) is 22.1. The third-order valence-corrected chi connectivity index (χ3v) is 5.02. The van der Waals surface area contributed by atoms with Crippen LogP contribution >= 0.6 is 0 Å². The van der Waals surface area contributed by atoms with Gasteiger partial charge in [0.05, 0.1) is 0 Å². The van der Waals surface area contributed by atoms with E-state index in [0.29, 0.717) is 18.8 Å². The molecule has 0 heterocycles. The Kier molecular flexibility index (Phi) is 8.23. The minimum Gasteiger partial charge on any atom is -0.484 e. The fraction of sp³-hybridized carbons (Fsp3) is 0.231. The third-order valence-electron chi connectivity index (χ3n) is 5.02. The molecule has 3 aromatic carbocycles. The Balaban J connectivity index is 1.62. The van der Waals surface area contributed by atoms with Crippen LogP contribution in [0.15, 0.2) is 91.0 Å². The molecular weight excluding hydrogens is 388 g/mol. The van der Waals surface area contributed by atoms with Crippen LogP contribution in [0.1, 0.15) is 18.1 Å². The van der Waals surface area contributed by atoms with E-state index in [9.17, 15) is 9.59 Å². The molecule has 0 aliphatic rings. The van der Waals surface area contributed by atoms with Crippen molar-refractivity contribution in [3.05, 3.63) is 102 Å². The molecule has 5 nitrogen and oxygen atoms in total. The SMILES string of the molecule is C[C@H](C(=O)NCCc1ccccc1)N(Cc1ccccc1)C(=O)COc1ccccc1. The average molecular weight is 417 g/mol. The van der Waals surface area contributed by atoms with E-state index >= 15 is 0 Å². The summed E-state index contributed by atoms with van der Waals surface area (Å²) in [6, 6.07) is 28.2. The zero-order valence-electron chi connectivity index (χ0n) is 17.7. The van der Waals surface area contributed by atoms with Crippen LogP contribution in [-0.4, -0.2) is 35.9 Å². The van der Waals surface area contributed by atoms with Gasteiger partial charge in [0, 0.05) is 13.1 Å². The van der Waals surface area contributed by atoms with Crippen LogP contribution in [0, 0.1) is 0 Å². The first-order valence-corrected chi connectivity index (χ1v) is 10.5. The summed E-state index contributed by atoms with van der Waals surface area (Å²) in [5.41, 5.74) is 2.11. The quantitative estimate of drug-likeness (QED) is 0.546. The zero-order valence-corrected chi connectivity index (χ0v) is 17.7. The molecule has 3 rings (SSSR count). The molecule has 3 aromatic rings. The summed E-state index contributed by atoms with van der Waals surface area (Å²) < 4.78 is 5.63. The van der Waals surface area contributed by atoms with Crippen LogP contribution < -0.4 is 10.1 Å². The summed E-state index contributed by atoms with van der Waals surface area (Å²) in [5.74, 6) is 0.203. The number of nitrogens with one attached hydrogen (secondary N) is 1. The van der Waals surface area contributed by atoms with Gasteiger partial charge in [-0.05, 0) is 36.6 Å². The van der Waals surface area contributed by atoms with Crippen LogP contribution in [0.5, 0.6) is 5.75 Å². The van der Waals surface area contributed by atoms with Crippen LogP contribution in [-0.2, 0) is 22.6 Å². The maximum atomic E-state index is 13.0. The number of carbonyl (C=O) groups excluding carboxylic acids is 2. The minimum absolute atomic E-state index is 0.127. The van der Waals surface area contributed by atoms with Gasteiger partial charge in [0.2, 0.25) is 5.91 Å². The lowest BCUT2D eigenvalue weighted by molar-refractivity contribution is -0.142. The summed E-state index contributed by atoms with van der Waals surface area (Å²) in [6.45, 7) is 2.48. The number of hydrogen-bond acceptors (Lipinski definition) is 3. The number of amides is 2. The highest BCUT2D eigenvalue weighted by Crippen LogP contribution is 2.12. The van der Waals surface area contributed by atoms with Gasteiger partial charge in [0.1, 0.15) is 11.8 Å².